The van der Waals surface area contributed by atoms with Crippen LogP contribution in [0, 0.1) is 11.8 Å². The van der Waals surface area contributed by atoms with Crippen molar-refractivity contribution in [2.45, 2.75) is 45.4 Å². The molecule has 6 nitrogen and oxygen atoms in total. The second-order valence-electron chi connectivity index (χ2n) is 10.3. The first-order valence-electron chi connectivity index (χ1n) is 12.4. The van der Waals surface area contributed by atoms with Gasteiger partial charge in [-0.15, -0.1) is 0 Å². The number of amides is 1. The summed E-state index contributed by atoms with van der Waals surface area (Å²) in [5.41, 5.74) is 4.00. The number of hydrogen-bond acceptors (Lipinski definition) is 5. The Hall–Kier alpha value is -2.81. The molecule has 1 amide bonds. The number of nitrogens with one attached hydrogen (secondary N) is 1. The molecule has 0 spiro atoms. The van der Waals surface area contributed by atoms with Crippen LogP contribution in [0.4, 0.5) is 5.13 Å². The molecule has 0 radical (unpaired) electrons. The van der Waals surface area contributed by atoms with Gasteiger partial charge in [0.2, 0.25) is 10.0 Å². The lowest BCUT2D eigenvalue weighted by Gasteiger charge is -2.25. The number of aryl methyl sites for hydroxylation is 2. The fourth-order valence-electron chi connectivity index (χ4n) is 4.94. The largest absolute Gasteiger partial charge is 0.298 e. The maximum absolute atomic E-state index is 13.3. The van der Waals surface area contributed by atoms with E-state index in [4.69, 9.17) is 4.98 Å². The highest BCUT2D eigenvalue weighted by atomic mass is 32.2. The van der Waals surface area contributed by atoms with Crippen LogP contribution in [-0.4, -0.2) is 36.7 Å². The van der Waals surface area contributed by atoms with E-state index in [0.29, 0.717) is 23.8 Å². The van der Waals surface area contributed by atoms with Crippen molar-refractivity contribution in [3.05, 3.63) is 65.2 Å². The number of thiazole rings is 1. The van der Waals surface area contributed by atoms with Gasteiger partial charge in [-0.2, -0.15) is 4.31 Å². The Kier molecular flexibility index (Phi) is 6.61. The van der Waals surface area contributed by atoms with Crippen LogP contribution in [0.3, 0.4) is 0 Å². The van der Waals surface area contributed by atoms with Crippen molar-refractivity contribution in [2.75, 3.05) is 18.4 Å². The van der Waals surface area contributed by atoms with Crippen molar-refractivity contribution in [3.63, 3.8) is 0 Å². The minimum atomic E-state index is -3.64. The van der Waals surface area contributed by atoms with E-state index in [1.54, 1.807) is 12.1 Å². The monoisotopic (exact) mass is 521 g/mol. The molecular formula is C28H31N3O3S2. The Morgan fingerprint density at radius 1 is 1.00 bits per heavy atom. The van der Waals surface area contributed by atoms with Gasteiger partial charge < -0.3 is 0 Å². The number of hydrogen-bond donors (Lipinski definition) is 1. The van der Waals surface area contributed by atoms with E-state index in [1.807, 2.05) is 27.7 Å². The van der Waals surface area contributed by atoms with Gasteiger partial charge in [-0.3, -0.25) is 10.1 Å². The van der Waals surface area contributed by atoms with Gasteiger partial charge in [-0.25, -0.2) is 13.4 Å². The lowest BCUT2D eigenvalue weighted by molar-refractivity contribution is 0.102. The Balaban J connectivity index is 1.38. The topological polar surface area (TPSA) is 79.4 Å². The van der Waals surface area contributed by atoms with Crippen molar-refractivity contribution in [1.29, 1.82) is 0 Å². The van der Waals surface area contributed by atoms with Crippen molar-refractivity contribution in [3.8, 4) is 0 Å². The second kappa shape index (κ2) is 9.57. The fourth-order valence-corrected chi connectivity index (χ4v) is 7.65. The summed E-state index contributed by atoms with van der Waals surface area (Å²) in [6.07, 6.45) is 2.10. The Bertz CT molecular complexity index is 1540. The third-order valence-corrected chi connectivity index (χ3v) is 9.23. The molecule has 1 aliphatic carbocycles. The number of anilines is 1. The van der Waals surface area contributed by atoms with Crippen LogP contribution in [0.2, 0.25) is 0 Å². The Morgan fingerprint density at radius 2 is 1.67 bits per heavy atom. The van der Waals surface area contributed by atoms with E-state index in [0.717, 1.165) is 28.4 Å². The van der Waals surface area contributed by atoms with E-state index in [2.05, 4.69) is 29.6 Å². The normalized spacial score (nSPS) is 13.5. The second-order valence-corrected chi connectivity index (χ2v) is 13.3. The Morgan fingerprint density at radius 3 is 2.33 bits per heavy atom. The first kappa shape index (κ1) is 24.9. The average molecular weight is 522 g/mol. The van der Waals surface area contributed by atoms with Gasteiger partial charge in [-0.1, -0.05) is 57.2 Å². The van der Waals surface area contributed by atoms with Crippen molar-refractivity contribution in [1.82, 2.24) is 9.29 Å². The highest BCUT2D eigenvalue weighted by molar-refractivity contribution is 7.89. The van der Waals surface area contributed by atoms with Gasteiger partial charge in [0, 0.05) is 24.0 Å². The molecule has 0 aliphatic heterocycles. The van der Waals surface area contributed by atoms with Crippen molar-refractivity contribution in [2.24, 2.45) is 11.8 Å². The standard InChI is InChI=1S/C28H31N3O3S2/c1-17(2)15-31(16-18(3)4)36(33,34)22-12-10-20(11-13-22)27(32)30-28-29-26-23-7-5-6-19-8-9-21(25(19)23)14-24(26)35-28/h5-7,10-14,17-18H,8-9,15-16H2,1-4H3,(H,29,30,32). The lowest BCUT2D eigenvalue weighted by Crippen LogP contribution is -2.37. The Labute approximate surface area is 216 Å². The molecule has 1 aliphatic rings. The minimum Gasteiger partial charge on any atom is -0.298 e. The number of carbonyl (C=O) groups excluding carboxylic acids is 1. The quantitative estimate of drug-likeness (QED) is 0.304. The SMILES string of the molecule is CC(C)CN(CC(C)C)S(=O)(=O)c1ccc(C(=O)Nc2nc3c(cc4c5c(cccc53)CC4)s2)cc1. The van der Waals surface area contributed by atoms with E-state index in [9.17, 15) is 13.2 Å². The van der Waals surface area contributed by atoms with Crippen LogP contribution in [-0.2, 0) is 22.9 Å². The average Bonchev–Trinajstić information content (AvgIpc) is 3.43. The first-order valence-corrected chi connectivity index (χ1v) is 14.6. The number of aromatic nitrogens is 1. The molecule has 1 heterocycles. The number of sulfonamides is 1. The van der Waals surface area contributed by atoms with Gasteiger partial charge >= 0.3 is 0 Å². The summed E-state index contributed by atoms with van der Waals surface area (Å²) < 4.78 is 29.1. The fraction of sp³-hybridized carbons (Fsp3) is 0.357. The van der Waals surface area contributed by atoms with E-state index in [1.165, 1.54) is 44.3 Å². The van der Waals surface area contributed by atoms with Crippen LogP contribution in [0.25, 0.3) is 21.0 Å². The number of benzene rings is 3. The third kappa shape index (κ3) is 4.65. The summed E-state index contributed by atoms with van der Waals surface area (Å²) in [6, 6.07) is 14.7. The lowest BCUT2D eigenvalue weighted by atomic mass is 10.0. The predicted molar refractivity (Wildman–Crippen MR) is 147 cm³/mol. The van der Waals surface area contributed by atoms with Crippen molar-refractivity contribution >= 4 is 53.4 Å². The molecule has 4 aromatic rings. The van der Waals surface area contributed by atoms with E-state index in [-0.39, 0.29) is 22.6 Å². The van der Waals surface area contributed by atoms with Gasteiger partial charge in [0.15, 0.2) is 5.13 Å². The summed E-state index contributed by atoms with van der Waals surface area (Å²) >= 11 is 1.46. The van der Waals surface area contributed by atoms with Crippen LogP contribution in [0.5, 0.6) is 0 Å². The molecule has 0 saturated carbocycles. The van der Waals surface area contributed by atoms with Gasteiger partial charge in [0.25, 0.3) is 5.91 Å². The molecule has 0 unspecified atom stereocenters. The molecule has 188 valence electrons. The zero-order chi connectivity index (χ0) is 25.6. The van der Waals surface area contributed by atoms with Crippen LogP contribution < -0.4 is 5.32 Å². The molecule has 0 atom stereocenters. The maximum atomic E-state index is 13.3. The molecule has 3 aromatic carbocycles. The summed E-state index contributed by atoms with van der Waals surface area (Å²) in [5, 5.41) is 5.88. The molecule has 0 fully saturated rings. The molecule has 5 rings (SSSR count). The molecule has 0 saturated heterocycles. The van der Waals surface area contributed by atoms with Crippen molar-refractivity contribution < 1.29 is 13.2 Å². The number of rotatable bonds is 8. The highest BCUT2D eigenvalue weighted by Crippen LogP contribution is 2.39. The van der Waals surface area contributed by atoms with Gasteiger partial charge in [0.1, 0.15) is 0 Å². The van der Waals surface area contributed by atoms with Crippen LogP contribution in [0.15, 0.2) is 53.4 Å². The molecule has 1 N–H and O–H groups in total. The van der Waals surface area contributed by atoms with Gasteiger partial charge in [-0.05, 0) is 71.5 Å². The third-order valence-electron chi connectivity index (χ3n) is 6.46. The summed E-state index contributed by atoms with van der Waals surface area (Å²) in [4.78, 5) is 17.9. The van der Waals surface area contributed by atoms with E-state index < -0.39 is 10.0 Å². The molecular weight excluding hydrogens is 490 g/mol. The number of fused-ring (bicyclic) bond motifs is 2. The smallest absolute Gasteiger partial charge is 0.257 e. The molecule has 36 heavy (non-hydrogen) atoms. The maximum Gasteiger partial charge on any atom is 0.257 e. The van der Waals surface area contributed by atoms with Crippen LogP contribution >= 0.6 is 11.3 Å². The first-order chi connectivity index (χ1) is 17.1. The van der Waals surface area contributed by atoms with E-state index >= 15 is 0 Å². The predicted octanol–water partition coefficient (Wildman–Crippen LogP) is 6.10. The van der Waals surface area contributed by atoms with Crippen LogP contribution in [0.1, 0.15) is 49.2 Å². The molecule has 8 heteroatoms. The molecule has 0 bridgehead atoms. The summed E-state index contributed by atoms with van der Waals surface area (Å²) in [7, 11) is -3.64. The van der Waals surface area contributed by atoms with Gasteiger partial charge in [0.05, 0.1) is 15.1 Å². The molecule has 1 aromatic heterocycles. The summed E-state index contributed by atoms with van der Waals surface area (Å²) in [6.45, 7) is 8.94. The summed E-state index contributed by atoms with van der Waals surface area (Å²) in [5.74, 6) is 0.119. The highest BCUT2D eigenvalue weighted by Gasteiger charge is 2.26. The zero-order valence-electron chi connectivity index (χ0n) is 21.0. The minimum absolute atomic E-state index is 0.199. The number of carbonyl (C=O) groups is 1. The number of nitrogens with zero attached hydrogens (tertiary/aromatic N) is 2. The zero-order valence-corrected chi connectivity index (χ0v) is 22.7.